The van der Waals surface area contributed by atoms with Crippen LogP contribution in [0.1, 0.15) is 38.1 Å². The Morgan fingerprint density at radius 3 is 2.90 bits per heavy atom. The summed E-state index contributed by atoms with van der Waals surface area (Å²) in [5.74, 6) is 0.572. The first-order valence-electron chi connectivity index (χ1n) is 6.56. The smallest absolute Gasteiger partial charge is 0.280 e. The van der Waals surface area contributed by atoms with Crippen molar-refractivity contribution in [2.45, 2.75) is 45.4 Å². The van der Waals surface area contributed by atoms with Crippen LogP contribution in [0.15, 0.2) is 10.6 Å². The van der Waals surface area contributed by atoms with Crippen molar-refractivity contribution >= 4 is 10.2 Å². The second-order valence-corrected chi connectivity index (χ2v) is 7.21. The van der Waals surface area contributed by atoms with Crippen LogP contribution in [0.3, 0.4) is 0 Å². The molecular weight excluding hydrogens is 282 g/mol. The van der Waals surface area contributed by atoms with Crippen molar-refractivity contribution in [3.8, 4) is 0 Å². The molecule has 2 heterocycles. The van der Waals surface area contributed by atoms with Gasteiger partial charge in [0.1, 0.15) is 6.61 Å². The molecule has 1 fully saturated rings. The first-order valence-corrected chi connectivity index (χ1v) is 8.00. The van der Waals surface area contributed by atoms with Crippen LogP contribution in [0.4, 0.5) is 0 Å². The SMILES string of the molecule is COCc1cc(CNS(=O)(=O)N2CCCC2(C)C)no1. The molecule has 20 heavy (non-hydrogen) atoms. The van der Waals surface area contributed by atoms with Gasteiger partial charge in [0.25, 0.3) is 10.2 Å². The van der Waals surface area contributed by atoms with Crippen LogP contribution in [0.5, 0.6) is 0 Å². The molecule has 2 rings (SSSR count). The van der Waals surface area contributed by atoms with Gasteiger partial charge in [-0.1, -0.05) is 5.16 Å². The average molecular weight is 303 g/mol. The fourth-order valence-corrected chi connectivity index (χ4v) is 4.02. The summed E-state index contributed by atoms with van der Waals surface area (Å²) in [6, 6.07) is 1.68. The Morgan fingerprint density at radius 2 is 2.30 bits per heavy atom. The molecule has 1 aliphatic heterocycles. The molecule has 0 unspecified atom stereocenters. The van der Waals surface area contributed by atoms with E-state index in [2.05, 4.69) is 9.88 Å². The van der Waals surface area contributed by atoms with Crippen LogP contribution in [0.2, 0.25) is 0 Å². The van der Waals surface area contributed by atoms with E-state index in [1.54, 1.807) is 13.2 Å². The van der Waals surface area contributed by atoms with Crippen LogP contribution in [-0.4, -0.2) is 37.1 Å². The number of ether oxygens (including phenoxy) is 1. The zero-order chi connectivity index (χ0) is 14.8. The van der Waals surface area contributed by atoms with Crippen LogP contribution in [0.25, 0.3) is 0 Å². The van der Waals surface area contributed by atoms with E-state index in [0.717, 1.165) is 12.8 Å². The molecule has 0 atom stereocenters. The second-order valence-electron chi connectivity index (χ2n) is 5.53. The third-order valence-electron chi connectivity index (χ3n) is 3.45. The molecule has 8 heteroatoms. The third kappa shape index (κ3) is 3.38. The van der Waals surface area contributed by atoms with Crippen molar-refractivity contribution in [2.75, 3.05) is 13.7 Å². The van der Waals surface area contributed by atoms with Crippen molar-refractivity contribution in [3.63, 3.8) is 0 Å². The largest absolute Gasteiger partial charge is 0.377 e. The summed E-state index contributed by atoms with van der Waals surface area (Å²) < 4.78 is 38.6. The summed E-state index contributed by atoms with van der Waals surface area (Å²) in [6.07, 6.45) is 1.76. The quantitative estimate of drug-likeness (QED) is 0.848. The van der Waals surface area contributed by atoms with E-state index in [9.17, 15) is 8.42 Å². The van der Waals surface area contributed by atoms with E-state index in [4.69, 9.17) is 9.26 Å². The van der Waals surface area contributed by atoms with E-state index < -0.39 is 10.2 Å². The Morgan fingerprint density at radius 1 is 1.55 bits per heavy atom. The molecule has 0 spiro atoms. The lowest BCUT2D eigenvalue weighted by molar-refractivity contribution is 0.155. The number of rotatable bonds is 6. The monoisotopic (exact) mass is 303 g/mol. The second kappa shape index (κ2) is 5.80. The molecule has 1 saturated heterocycles. The maximum Gasteiger partial charge on any atom is 0.280 e. The Bertz CT molecular complexity index is 553. The summed E-state index contributed by atoms with van der Waals surface area (Å²) in [5.41, 5.74) is 0.203. The van der Waals surface area contributed by atoms with E-state index in [1.807, 2.05) is 13.8 Å². The average Bonchev–Trinajstić information content (AvgIpc) is 2.94. The molecule has 114 valence electrons. The molecule has 0 amide bonds. The van der Waals surface area contributed by atoms with Crippen molar-refractivity contribution < 1.29 is 17.7 Å². The Labute approximate surface area is 119 Å². The molecule has 1 aliphatic rings. The fraction of sp³-hybridized carbons (Fsp3) is 0.750. The van der Waals surface area contributed by atoms with Gasteiger partial charge in [0, 0.05) is 25.3 Å². The van der Waals surface area contributed by atoms with Gasteiger partial charge in [0.2, 0.25) is 0 Å². The lowest BCUT2D eigenvalue weighted by atomic mass is 10.0. The van der Waals surface area contributed by atoms with Gasteiger partial charge in [0.05, 0.1) is 12.2 Å². The molecule has 1 aromatic heterocycles. The Hall–Kier alpha value is -0.960. The fourth-order valence-electron chi connectivity index (χ4n) is 2.42. The number of aromatic nitrogens is 1. The van der Waals surface area contributed by atoms with Gasteiger partial charge in [-0.05, 0) is 26.7 Å². The van der Waals surface area contributed by atoms with Gasteiger partial charge in [-0.2, -0.15) is 17.4 Å². The molecule has 0 radical (unpaired) electrons. The van der Waals surface area contributed by atoms with Crippen molar-refractivity contribution in [1.82, 2.24) is 14.2 Å². The van der Waals surface area contributed by atoms with Crippen LogP contribution < -0.4 is 4.72 Å². The molecular formula is C12H21N3O4S. The lowest BCUT2D eigenvalue weighted by Gasteiger charge is -2.30. The number of hydrogen-bond acceptors (Lipinski definition) is 5. The minimum atomic E-state index is -3.50. The van der Waals surface area contributed by atoms with Crippen molar-refractivity contribution in [1.29, 1.82) is 0 Å². The van der Waals surface area contributed by atoms with E-state index >= 15 is 0 Å². The third-order valence-corrected chi connectivity index (χ3v) is 5.21. The standard InChI is InChI=1S/C12H21N3O4S/c1-12(2)5-4-6-15(12)20(16,17)13-8-10-7-11(9-18-3)19-14-10/h7,13H,4-6,8-9H2,1-3H3. The van der Waals surface area contributed by atoms with E-state index in [0.29, 0.717) is 24.6 Å². The summed E-state index contributed by atoms with van der Waals surface area (Å²) in [7, 11) is -1.94. The zero-order valence-electron chi connectivity index (χ0n) is 12.0. The maximum absolute atomic E-state index is 12.3. The minimum Gasteiger partial charge on any atom is -0.377 e. The Kier molecular flexibility index (Phi) is 4.48. The summed E-state index contributed by atoms with van der Waals surface area (Å²) >= 11 is 0. The molecule has 0 bridgehead atoms. The minimum absolute atomic E-state index is 0.113. The topological polar surface area (TPSA) is 84.7 Å². The first-order chi connectivity index (χ1) is 9.35. The van der Waals surface area contributed by atoms with Crippen LogP contribution >= 0.6 is 0 Å². The zero-order valence-corrected chi connectivity index (χ0v) is 12.9. The molecule has 7 nitrogen and oxygen atoms in total. The first kappa shape index (κ1) is 15.4. The summed E-state index contributed by atoms with van der Waals surface area (Å²) in [4.78, 5) is 0. The highest BCUT2D eigenvalue weighted by Gasteiger charge is 2.39. The van der Waals surface area contributed by atoms with Gasteiger partial charge in [-0.25, -0.2) is 0 Å². The number of nitrogens with zero attached hydrogens (tertiary/aromatic N) is 2. The summed E-state index contributed by atoms with van der Waals surface area (Å²) in [5, 5.41) is 3.80. The van der Waals surface area contributed by atoms with Gasteiger partial charge in [0.15, 0.2) is 5.76 Å². The molecule has 0 aromatic carbocycles. The van der Waals surface area contributed by atoms with Crippen LogP contribution in [-0.2, 0) is 28.1 Å². The van der Waals surface area contributed by atoms with Gasteiger partial charge >= 0.3 is 0 Å². The number of methoxy groups -OCH3 is 1. The van der Waals surface area contributed by atoms with E-state index in [1.165, 1.54) is 4.31 Å². The lowest BCUT2D eigenvalue weighted by Crippen LogP contribution is -2.48. The normalized spacial score (nSPS) is 19.6. The van der Waals surface area contributed by atoms with Gasteiger partial charge in [-0.3, -0.25) is 0 Å². The highest BCUT2D eigenvalue weighted by Crippen LogP contribution is 2.30. The Balaban J connectivity index is 1.98. The van der Waals surface area contributed by atoms with Gasteiger partial charge < -0.3 is 9.26 Å². The molecule has 1 N–H and O–H groups in total. The van der Waals surface area contributed by atoms with Crippen molar-refractivity contribution in [2.24, 2.45) is 0 Å². The van der Waals surface area contributed by atoms with Gasteiger partial charge in [-0.15, -0.1) is 0 Å². The predicted molar refractivity (Wildman–Crippen MR) is 73.0 cm³/mol. The highest BCUT2D eigenvalue weighted by atomic mass is 32.2. The molecule has 0 saturated carbocycles. The highest BCUT2D eigenvalue weighted by molar-refractivity contribution is 7.87. The van der Waals surface area contributed by atoms with E-state index in [-0.39, 0.29) is 12.1 Å². The number of nitrogens with one attached hydrogen (secondary N) is 1. The maximum atomic E-state index is 12.3. The molecule has 1 aromatic rings. The molecule has 0 aliphatic carbocycles. The van der Waals surface area contributed by atoms with Crippen LogP contribution in [0, 0.1) is 0 Å². The summed E-state index contributed by atoms with van der Waals surface area (Å²) in [6.45, 7) is 4.86. The number of hydrogen-bond donors (Lipinski definition) is 1. The predicted octanol–water partition coefficient (Wildman–Crippen LogP) is 1.03. The van der Waals surface area contributed by atoms with Crippen molar-refractivity contribution in [3.05, 3.63) is 17.5 Å².